The highest BCUT2D eigenvalue weighted by molar-refractivity contribution is 7.17. The minimum absolute atomic E-state index is 0.500. The summed E-state index contributed by atoms with van der Waals surface area (Å²) in [6, 6.07) is 32.8. The van der Waals surface area contributed by atoms with Crippen molar-refractivity contribution in [1.29, 1.82) is 0 Å². The van der Waals surface area contributed by atoms with Crippen LogP contribution in [-0.2, 0) is 6.61 Å². The average molecular weight is 487 g/mol. The van der Waals surface area contributed by atoms with Crippen molar-refractivity contribution < 1.29 is 4.74 Å². The average Bonchev–Trinajstić information content (AvgIpc) is 3.38. The molecule has 174 valence electrons. The van der Waals surface area contributed by atoms with E-state index in [1.54, 1.807) is 23.9 Å². The number of anilines is 1. The molecule has 0 aliphatic heterocycles. The van der Waals surface area contributed by atoms with Crippen molar-refractivity contribution in [2.24, 2.45) is 5.10 Å². The molecule has 0 unspecified atom stereocenters. The van der Waals surface area contributed by atoms with E-state index in [2.05, 4.69) is 80.5 Å². The van der Waals surface area contributed by atoms with Crippen LogP contribution in [0.25, 0.3) is 32.1 Å². The van der Waals surface area contributed by atoms with Crippen LogP contribution in [0.1, 0.15) is 11.1 Å². The van der Waals surface area contributed by atoms with E-state index in [9.17, 15) is 0 Å². The zero-order chi connectivity index (χ0) is 24.2. The van der Waals surface area contributed by atoms with Gasteiger partial charge in [-0.2, -0.15) is 5.10 Å². The SMILES string of the molecule is C(=NNc1ncnc2scc(-c3ccccc3)c12)c1cccc(OCc2cccc3ccccc23)c1. The van der Waals surface area contributed by atoms with Crippen LogP contribution in [0.2, 0.25) is 0 Å². The monoisotopic (exact) mass is 486 g/mol. The Kier molecular flexibility index (Phi) is 6.08. The molecule has 0 saturated carbocycles. The lowest BCUT2D eigenvalue weighted by molar-refractivity contribution is 0.307. The molecular formula is C30H22N4OS. The Hall–Kier alpha value is -4.55. The van der Waals surface area contributed by atoms with Crippen LogP contribution in [0.15, 0.2) is 114 Å². The molecule has 0 radical (unpaired) electrons. The Bertz CT molecular complexity index is 1670. The molecule has 0 bridgehead atoms. The molecule has 0 fully saturated rings. The number of thiophene rings is 1. The third kappa shape index (κ3) is 4.54. The summed E-state index contributed by atoms with van der Waals surface area (Å²) in [7, 11) is 0. The summed E-state index contributed by atoms with van der Waals surface area (Å²) in [6.07, 6.45) is 3.33. The fraction of sp³-hybridized carbons (Fsp3) is 0.0333. The lowest BCUT2D eigenvalue weighted by Crippen LogP contribution is -1.98. The third-order valence-corrected chi connectivity index (χ3v) is 6.86. The van der Waals surface area contributed by atoms with Crippen molar-refractivity contribution in [3.8, 4) is 16.9 Å². The highest BCUT2D eigenvalue weighted by Gasteiger charge is 2.12. The lowest BCUT2D eigenvalue weighted by Gasteiger charge is -2.09. The predicted molar refractivity (Wildman–Crippen MR) is 149 cm³/mol. The largest absolute Gasteiger partial charge is 0.489 e. The second-order valence-corrected chi connectivity index (χ2v) is 9.15. The van der Waals surface area contributed by atoms with Gasteiger partial charge in [0.15, 0.2) is 5.82 Å². The van der Waals surface area contributed by atoms with Gasteiger partial charge in [0.1, 0.15) is 23.5 Å². The molecular weight excluding hydrogens is 464 g/mol. The van der Waals surface area contributed by atoms with Crippen LogP contribution in [0.4, 0.5) is 5.82 Å². The van der Waals surface area contributed by atoms with E-state index < -0.39 is 0 Å². The van der Waals surface area contributed by atoms with Crippen LogP contribution in [-0.4, -0.2) is 16.2 Å². The van der Waals surface area contributed by atoms with Gasteiger partial charge in [-0.15, -0.1) is 11.3 Å². The summed E-state index contributed by atoms with van der Waals surface area (Å²) in [5.41, 5.74) is 7.42. The second-order valence-electron chi connectivity index (χ2n) is 8.29. The third-order valence-electron chi connectivity index (χ3n) is 5.97. The topological polar surface area (TPSA) is 59.4 Å². The molecule has 0 amide bonds. The van der Waals surface area contributed by atoms with Crippen molar-refractivity contribution in [3.63, 3.8) is 0 Å². The molecule has 6 aromatic rings. The number of aromatic nitrogens is 2. The fourth-order valence-corrected chi connectivity index (χ4v) is 5.14. The maximum atomic E-state index is 6.12. The van der Waals surface area contributed by atoms with Gasteiger partial charge in [0.25, 0.3) is 0 Å². The predicted octanol–water partition coefficient (Wildman–Crippen LogP) is 7.54. The highest BCUT2D eigenvalue weighted by Crippen LogP contribution is 2.36. The van der Waals surface area contributed by atoms with Gasteiger partial charge >= 0.3 is 0 Å². The van der Waals surface area contributed by atoms with Gasteiger partial charge in [-0.25, -0.2) is 9.97 Å². The summed E-state index contributed by atoms with van der Waals surface area (Å²) in [5, 5.41) is 9.97. The number of ether oxygens (including phenoxy) is 1. The standard InChI is InChI=1S/C30H22N4OS/c1-2-9-23(10-3-1)27-19-36-30-28(27)29(31-20-32-30)34-33-17-21-8-6-14-25(16-21)35-18-24-13-7-12-22-11-4-5-15-26(22)24/h1-17,19-20H,18H2,(H,31,32,34). The van der Waals surface area contributed by atoms with Crippen molar-refractivity contribution in [2.75, 3.05) is 5.43 Å². The van der Waals surface area contributed by atoms with Gasteiger partial charge in [0, 0.05) is 10.9 Å². The van der Waals surface area contributed by atoms with E-state index in [-0.39, 0.29) is 0 Å². The molecule has 4 aromatic carbocycles. The van der Waals surface area contributed by atoms with Crippen LogP contribution < -0.4 is 10.2 Å². The van der Waals surface area contributed by atoms with Crippen molar-refractivity contribution in [2.45, 2.75) is 6.61 Å². The number of hydrogen-bond acceptors (Lipinski definition) is 6. The van der Waals surface area contributed by atoms with Crippen LogP contribution in [0.3, 0.4) is 0 Å². The van der Waals surface area contributed by atoms with Gasteiger partial charge in [-0.3, -0.25) is 5.43 Å². The van der Waals surface area contributed by atoms with Gasteiger partial charge < -0.3 is 4.74 Å². The maximum Gasteiger partial charge on any atom is 0.159 e. The summed E-state index contributed by atoms with van der Waals surface area (Å²) in [5.74, 6) is 1.47. The molecule has 36 heavy (non-hydrogen) atoms. The molecule has 2 aromatic heterocycles. The van der Waals surface area contributed by atoms with Gasteiger partial charge in [0.05, 0.1) is 11.6 Å². The summed E-state index contributed by atoms with van der Waals surface area (Å²) < 4.78 is 6.12. The van der Waals surface area contributed by atoms with Crippen LogP contribution in [0.5, 0.6) is 5.75 Å². The first-order valence-electron chi connectivity index (χ1n) is 11.6. The Morgan fingerprint density at radius 2 is 1.69 bits per heavy atom. The van der Waals surface area contributed by atoms with Crippen molar-refractivity contribution in [1.82, 2.24) is 9.97 Å². The Labute approximate surface area is 212 Å². The Morgan fingerprint density at radius 1 is 0.861 bits per heavy atom. The molecule has 6 heteroatoms. The van der Waals surface area contributed by atoms with Gasteiger partial charge in [0.2, 0.25) is 0 Å². The zero-order valence-electron chi connectivity index (χ0n) is 19.3. The number of fused-ring (bicyclic) bond motifs is 2. The van der Waals surface area contributed by atoms with Crippen molar-refractivity contribution in [3.05, 3.63) is 120 Å². The zero-order valence-corrected chi connectivity index (χ0v) is 20.2. The quantitative estimate of drug-likeness (QED) is 0.187. The fourth-order valence-electron chi connectivity index (χ4n) is 4.22. The molecule has 0 aliphatic rings. The number of benzene rings is 4. The van der Waals surface area contributed by atoms with Gasteiger partial charge in [-0.1, -0.05) is 84.9 Å². The van der Waals surface area contributed by atoms with E-state index in [4.69, 9.17) is 4.74 Å². The Morgan fingerprint density at radius 3 is 2.64 bits per heavy atom. The normalized spacial score (nSPS) is 11.3. The summed E-state index contributed by atoms with van der Waals surface area (Å²) >= 11 is 1.60. The van der Waals surface area contributed by atoms with Crippen LogP contribution >= 0.6 is 11.3 Å². The summed E-state index contributed by atoms with van der Waals surface area (Å²) in [4.78, 5) is 9.80. The second kappa shape index (κ2) is 9.98. The van der Waals surface area contributed by atoms with E-state index in [1.165, 1.54) is 10.8 Å². The molecule has 0 saturated heterocycles. The van der Waals surface area contributed by atoms with E-state index in [1.807, 2.05) is 42.5 Å². The van der Waals surface area contributed by atoms with Crippen LogP contribution in [0, 0.1) is 0 Å². The number of nitrogens with zero attached hydrogens (tertiary/aromatic N) is 3. The smallest absolute Gasteiger partial charge is 0.159 e. The molecule has 2 heterocycles. The lowest BCUT2D eigenvalue weighted by atomic mass is 10.1. The van der Waals surface area contributed by atoms with E-state index >= 15 is 0 Å². The molecule has 6 rings (SSSR count). The molecule has 0 spiro atoms. The van der Waals surface area contributed by atoms with Gasteiger partial charge in [-0.05, 0) is 39.6 Å². The number of nitrogens with one attached hydrogen (secondary N) is 1. The minimum atomic E-state index is 0.500. The van der Waals surface area contributed by atoms with E-state index in [0.29, 0.717) is 12.4 Å². The van der Waals surface area contributed by atoms with E-state index in [0.717, 1.165) is 38.2 Å². The maximum absolute atomic E-state index is 6.12. The Balaban J connectivity index is 1.19. The first-order valence-corrected chi connectivity index (χ1v) is 12.5. The number of rotatable bonds is 7. The highest BCUT2D eigenvalue weighted by atomic mass is 32.1. The van der Waals surface area contributed by atoms with Crippen molar-refractivity contribution >= 4 is 44.4 Å². The molecule has 1 N–H and O–H groups in total. The number of hydrazone groups is 1. The molecule has 0 aliphatic carbocycles. The molecule has 5 nitrogen and oxygen atoms in total. The first-order chi connectivity index (χ1) is 17.8. The summed E-state index contributed by atoms with van der Waals surface area (Å²) in [6.45, 7) is 0.500. The molecule has 0 atom stereocenters. The minimum Gasteiger partial charge on any atom is -0.489 e. The number of hydrogen-bond donors (Lipinski definition) is 1. The first kappa shape index (κ1) is 21.9.